The molecule has 0 bridgehead atoms. The van der Waals surface area contributed by atoms with Gasteiger partial charge < -0.3 is 14.7 Å². The lowest BCUT2D eigenvalue weighted by Crippen LogP contribution is -2.43. The van der Waals surface area contributed by atoms with Crippen molar-refractivity contribution in [1.82, 2.24) is 4.90 Å². The van der Waals surface area contributed by atoms with Gasteiger partial charge in [-0.25, -0.2) is 9.18 Å². The second-order valence-corrected chi connectivity index (χ2v) is 6.59. The zero-order valence-electron chi connectivity index (χ0n) is 13.5. The summed E-state index contributed by atoms with van der Waals surface area (Å²) in [6.07, 6.45) is 3.70. The molecule has 1 saturated carbocycles. The standard InChI is InChI=1S/C18H22FNO4/c19-13-5-2-6-14(10-13)24-9-3-8-16(21)20-11-12-4-1-7-15(12)17(20)18(22)23/h2,5-6,10,12,15,17H,1,3-4,7-9,11H2,(H,22,23). The Labute approximate surface area is 140 Å². The molecule has 130 valence electrons. The molecule has 0 aromatic heterocycles. The Morgan fingerprint density at radius 3 is 2.92 bits per heavy atom. The number of carbonyl (C=O) groups is 2. The Balaban J connectivity index is 1.49. The van der Waals surface area contributed by atoms with Crippen LogP contribution in [0.15, 0.2) is 24.3 Å². The molecular formula is C18H22FNO4. The van der Waals surface area contributed by atoms with E-state index in [4.69, 9.17) is 4.74 Å². The number of hydrogen-bond acceptors (Lipinski definition) is 3. The maximum Gasteiger partial charge on any atom is 0.326 e. The third kappa shape index (κ3) is 3.52. The monoisotopic (exact) mass is 335 g/mol. The maximum atomic E-state index is 13.0. The minimum absolute atomic E-state index is 0.106. The average molecular weight is 335 g/mol. The number of hydrogen-bond donors (Lipinski definition) is 1. The quantitative estimate of drug-likeness (QED) is 0.812. The zero-order chi connectivity index (χ0) is 17.1. The molecule has 1 heterocycles. The van der Waals surface area contributed by atoms with Gasteiger partial charge in [-0.05, 0) is 43.2 Å². The van der Waals surface area contributed by atoms with Crippen LogP contribution in [-0.2, 0) is 9.59 Å². The Morgan fingerprint density at radius 2 is 2.17 bits per heavy atom. The minimum atomic E-state index is -0.895. The number of halogens is 1. The SMILES string of the molecule is O=C(O)C1C2CCCC2CN1C(=O)CCCOc1cccc(F)c1. The van der Waals surface area contributed by atoms with Crippen molar-refractivity contribution in [1.29, 1.82) is 0 Å². The largest absolute Gasteiger partial charge is 0.493 e. The Bertz CT molecular complexity index is 621. The van der Waals surface area contributed by atoms with Gasteiger partial charge in [0.25, 0.3) is 0 Å². The molecule has 24 heavy (non-hydrogen) atoms. The van der Waals surface area contributed by atoms with Crippen molar-refractivity contribution in [2.75, 3.05) is 13.2 Å². The molecule has 2 fully saturated rings. The highest BCUT2D eigenvalue weighted by atomic mass is 19.1. The molecule has 1 aliphatic heterocycles. The van der Waals surface area contributed by atoms with Gasteiger partial charge in [-0.2, -0.15) is 0 Å². The summed E-state index contributed by atoms with van der Waals surface area (Å²) in [5.41, 5.74) is 0. The first-order valence-corrected chi connectivity index (χ1v) is 8.47. The smallest absolute Gasteiger partial charge is 0.326 e. The van der Waals surface area contributed by atoms with Crippen LogP contribution in [0.2, 0.25) is 0 Å². The first-order valence-electron chi connectivity index (χ1n) is 8.47. The van der Waals surface area contributed by atoms with E-state index < -0.39 is 12.0 Å². The van der Waals surface area contributed by atoms with Crippen molar-refractivity contribution in [3.8, 4) is 5.75 Å². The normalized spacial score (nSPS) is 25.5. The lowest BCUT2D eigenvalue weighted by atomic mass is 9.94. The van der Waals surface area contributed by atoms with Crippen LogP contribution in [-0.4, -0.2) is 41.1 Å². The first-order chi connectivity index (χ1) is 11.6. The number of carbonyl (C=O) groups excluding carboxylic acids is 1. The lowest BCUT2D eigenvalue weighted by Gasteiger charge is -2.24. The summed E-state index contributed by atoms with van der Waals surface area (Å²) in [6.45, 7) is 0.860. The van der Waals surface area contributed by atoms with Gasteiger partial charge in [0.15, 0.2) is 0 Å². The van der Waals surface area contributed by atoms with Gasteiger partial charge in [0.1, 0.15) is 17.6 Å². The predicted octanol–water partition coefficient (Wildman–Crippen LogP) is 2.70. The fourth-order valence-corrected chi connectivity index (χ4v) is 3.99. The lowest BCUT2D eigenvalue weighted by molar-refractivity contribution is -0.149. The molecule has 1 aromatic rings. The van der Waals surface area contributed by atoms with Gasteiger partial charge in [-0.3, -0.25) is 4.79 Å². The maximum absolute atomic E-state index is 13.0. The highest BCUT2D eigenvalue weighted by Crippen LogP contribution is 2.42. The first kappa shape index (κ1) is 16.7. The van der Waals surface area contributed by atoms with E-state index in [0.29, 0.717) is 31.2 Å². The van der Waals surface area contributed by atoms with Crippen LogP contribution in [0.25, 0.3) is 0 Å². The Morgan fingerprint density at radius 1 is 1.33 bits per heavy atom. The Hall–Kier alpha value is -2.11. The molecule has 5 nitrogen and oxygen atoms in total. The molecule has 1 amide bonds. The summed E-state index contributed by atoms with van der Waals surface area (Å²) in [6, 6.07) is 5.19. The van der Waals surface area contributed by atoms with E-state index in [1.807, 2.05) is 0 Å². The fourth-order valence-electron chi connectivity index (χ4n) is 3.99. The number of benzene rings is 1. The summed E-state index contributed by atoms with van der Waals surface area (Å²) < 4.78 is 18.5. The van der Waals surface area contributed by atoms with Crippen LogP contribution < -0.4 is 4.74 Å². The summed E-state index contributed by atoms with van der Waals surface area (Å²) in [4.78, 5) is 25.5. The fraction of sp³-hybridized carbons (Fsp3) is 0.556. The molecule has 1 N–H and O–H groups in total. The molecule has 3 rings (SSSR count). The van der Waals surface area contributed by atoms with E-state index in [-0.39, 0.29) is 24.1 Å². The van der Waals surface area contributed by atoms with E-state index in [0.717, 1.165) is 19.3 Å². The highest BCUT2D eigenvalue weighted by Gasteiger charge is 2.49. The number of nitrogens with zero attached hydrogens (tertiary/aromatic N) is 1. The van der Waals surface area contributed by atoms with E-state index in [1.165, 1.54) is 12.1 Å². The summed E-state index contributed by atoms with van der Waals surface area (Å²) in [7, 11) is 0. The van der Waals surface area contributed by atoms with Crippen molar-refractivity contribution in [3.63, 3.8) is 0 Å². The van der Waals surface area contributed by atoms with E-state index in [1.54, 1.807) is 17.0 Å². The number of carboxylic acids is 1. The van der Waals surface area contributed by atoms with E-state index >= 15 is 0 Å². The van der Waals surface area contributed by atoms with Crippen LogP contribution in [0.1, 0.15) is 32.1 Å². The molecule has 2 aliphatic rings. The molecule has 6 heteroatoms. The summed E-state index contributed by atoms with van der Waals surface area (Å²) in [5.74, 6) is -0.514. The van der Waals surface area contributed by atoms with Crippen molar-refractivity contribution < 1.29 is 23.8 Å². The summed E-state index contributed by atoms with van der Waals surface area (Å²) >= 11 is 0. The predicted molar refractivity (Wildman–Crippen MR) is 85.1 cm³/mol. The van der Waals surface area contributed by atoms with Gasteiger partial charge in [-0.15, -0.1) is 0 Å². The van der Waals surface area contributed by atoms with Gasteiger partial charge >= 0.3 is 5.97 Å². The van der Waals surface area contributed by atoms with E-state index in [9.17, 15) is 19.1 Å². The van der Waals surface area contributed by atoms with Gasteiger partial charge in [0.2, 0.25) is 5.91 Å². The second-order valence-electron chi connectivity index (χ2n) is 6.59. The summed E-state index contributed by atoms with van der Waals surface area (Å²) in [5, 5.41) is 9.47. The van der Waals surface area contributed by atoms with Crippen molar-refractivity contribution in [3.05, 3.63) is 30.1 Å². The van der Waals surface area contributed by atoms with Crippen molar-refractivity contribution in [2.45, 2.75) is 38.1 Å². The molecular weight excluding hydrogens is 313 g/mol. The number of amides is 1. The molecule has 0 radical (unpaired) electrons. The number of aliphatic carboxylic acids is 1. The minimum Gasteiger partial charge on any atom is -0.493 e. The highest BCUT2D eigenvalue weighted by molar-refractivity contribution is 5.84. The van der Waals surface area contributed by atoms with Gasteiger partial charge in [-0.1, -0.05) is 12.5 Å². The molecule has 3 unspecified atom stereocenters. The molecule has 1 aliphatic carbocycles. The number of rotatable bonds is 6. The van der Waals surface area contributed by atoms with E-state index in [2.05, 4.69) is 0 Å². The third-order valence-corrected chi connectivity index (χ3v) is 5.06. The number of ether oxygens (including phenoxy) is 1. The van der Waals surface area contributed by atoms with Crippen LogP contribution in [0, 0.1) is 17.7 Å². The molecule has 1 saturated heterocycles. The molecule has 3 atom stereocenters. The topological polar surface area (TPSA) is 66.8 Å². The average Bonchev–Trinajstić information content (AvgIpc) is 3.11. The van der Waals surface area contributed by atoms with Crippen LogP contribution in [0.3, 0.4) is 0 Å². The van der Waals surface area contributed by atoms with Gasteiger partial charge in [0.05, 0.1) is 6.61 Å². The molecule has 1 aromatic carbocycles. The number of carboxylic acid groups (broad SMARTS) is 1. The van der Waals surface area contributed by atoms with Crippen LogP contribution in [0.5, 0.6) is 5.75 Å². The van der Waals surface area contributed by atoms with Crippen LogP contribution in [0.4, 0.5) is 4.39 Å². The number of fused-ring (bicyclic) bond motifs is 1. The number of likely N-dealkylation sites (tertiary alicyclic amines) is 1. The Kier molecular flexibility index (Phi) is 5.02. The molecule has 0 spiro atoms. The van der Waals surface area contributed by atoms with Crippen molar-refractivity contribution in [2.24, 2.45) is 11.8 Å². The third-order valence-electron chi connectivity index (χ3n) is 5.06. The van der Waals surface area contributed by atoms with Crippen LogP contribution >= 0.6 is 0 Å². The van der Waals surface area contributed by atoms with Crippen molar-refractivity contribution >= 4 is 11.9 Å². The van der Waals surface area contributed by atoms with Gasteiger partial charge in [0, 0.05) is 19.0 Å². The second kappa shape index (κ2) is 7.20. The zero-order valence-corrected chi connectivity index (χ0v) is 13.5.